The van der Waals surface area contributed by atoms with E-state index in [0.717, 1.165) is 33.9 Å². The summed E-state index contributed by atoms with van der Waals surface area (Å²) in [7, 11) is 0. The maximum Gasteiger partial charge on any atom is 0.256 e. The van der Waals surface area contributed by atoms with Crippen molar-refractivity contribution in [1.29, 1.82) is 0 Å². The molecule has 3 aromatic rings. The fraction of sp³-hybridized carbons (Fsp3) is 0.0476. The summed E-state index contributed by atoms with van der Waals surface area (Å²) in [4.78, 5) is 12.2. The Morgan fingerprint density at radius 2 is 1.77 bits per heavy atom. The number of benzene rings is 2. The molecule has 1 aromatic heterocycles. The van der Waals surface area contributed by atoms with Gasteiger partial charge >= 0.3 is 0 Å². The van der Waals surface area contributed by atoms with Crippen LogP contribution >= 0.6 is 11.6 Å². The highest BCUT2D eigenvalue weighted by molar-refractivity contribution is 6.34. The SMILES string of the molecule is O=C1Nc2ccccc2/C1=C\c1cc[n+](Cc2cccc(Cl)c2)cc1.[Br-]. The summed E-state index contributed by atoms with van der Waals surface area (Å²) in [5.74, 6) is -0.0585. The summed E-state index contributed by atoms with van der Waals surface area (Å²) in [6.07, 6.45) is 5.93. The van der Waals surface area contributed by atoms with E-state index < -0.39 is 0 Å². The molecule has 0 bridgehead atoms. The molecular weight excluding hydrogens is 412 g/mol. The van der Waals surface area contributed by atoms with Gasteiger partial charge in [0.25, 0.3) is 5.91 Å². The van der Waals surface area contributed by atoms with Gasteiger partial charge in [0, 0.05) is 39.5 Å². The fourth-order valence-corrected chi connectivity index (χ4v) is 3.18. The summed E-state index contributed by atoms with van der Waals surface area (Å²) < 4.78 is 2.08. The lowest BCUT2D eigenvalue weighted by atomic mass is 10.0. The first-order valence-electron chi connectivity index (χ1n) is 8.05. The zero-order valence-electron chi connectivity index (χ0n) is 13.8. The van der Waals surface area contributed by atoms with Gasteiger partial charge in [0.2, 0.25) is 0 Å². The molecule has 0 unspecified atom stereocenters. The van der Waals surface area contributed by atoms with Crippen LogP contribution in [0.3, 0.4) is 0 Å². The van der Waals surface area contributed by atoms with E-state index in [9.17, 15) is 4.79 Å². The maximum absolute atomic E-state index is 12.2. The molecule has 1 N–H and O–H groups in total. The number of rotatable bonds is 3. The Labute approximate surface area is 167 Å². The van der Waals surface area contributed by atoms with Crippen molar-refractivity contribution < 1.29 is 26.3 Å². The minimum atomic E-state index is -0.0585. The van der Waals surface area contributed by atoms with Crippen LogP contribution in [0, 0.1) is 0 Å². The molecule has 0 spiro atoms. The molecule has 0 radical (unpaired) electrons. The van der Waals surface area contributed by atoms with Crippen LogP contribution in [0.5, 0.6) is 0 Å². The molecule has 2 heterocycles. The molecule has 2 aromatic carbocycles. The number of para-hydroxylation sites is 1. The largest absolute Gasteiger partial charge is 1.00 e. The predicted octanol–water partition coefficient (Wildman–Crippen LogP) is 1.17. The fourth-order valence-electron chi connectivity index (χ4n) is 2.97. The van der Waals surface area contributed by atoms with Crippen molar-refractivity contribution in [2.45, 2.75) is 6.54 Å². The molecular formula is C21H16BrClN2O. The van der Waals surface area contributed by atoms with Crippen LogP contribution in [0.1, 0.15) is 16.7 Å². The van der Waals surface area contributed by atoms with E-state index in [0.29, 0.717) is 5.57 Å². The Kier molecular flexibility index (Phi) is 5.55. The third kappa shape index (κ3) is 3.87. The molecule has 0 saturated heterocycles. The molecule has 1 aliphatic heterocycles. The number of aromatic nitrogens is 1. The molecule has 4 rings (SSSR count). The molecule has 5 heteroatoms. The lowest BCUT2D eigenvalue weighted by Crippen LogP contribution is -3.00. The topological polar surface area (TPSA) is 33.0 Å². The third-order valence-electron chi connectivity index (χ3n) is 4.19. The number of hydrogen-bond donors (Lipinski definition) is 1. The number of hydrogen-bond acceptors (Lipinski definition) is 1. The highest BCUT2D eigenvalue weighted by Gasteiger charge is 2.23. The Hall–Kier alpha value is -2.43. The van der Waals surface area contributed by atoms with Gasteiger partial charge in [0.15, 0.2) is 18.9 Å². The Balaban J connectivity index is 0.00000196. The molecule has 26 heavy (non-hydrogen) atoms. The van der Waals surface area contributed by atoms with Gasteiger partial charge in [-0.25, -0.2) is 4.57 Å². The molecule has 1 aliphatic rings. The van der Waals surface area contributed by atoms with Crippen LogP contribution in [-0.4, -0.2) is 5.91 Å². The minimum Gasteiger partial charge on any atom is -1.00 e. The van der Waals surface area contributed by atoms with Crippen LogP contribution < -0.4 is 26.9 Å². The standard InChI is InChI=1S/C21H15ClN2O.BrH/c22-17-5-3-4-16(12-17)14-24-10-8-15(9-11-24)13-19-18-6-1-2-7-20(18)23-21(19)25;/h1-13H,14H2;1H. The molecule has 0 saturated carbocycles. The minimum absolute atomic E-state index is 0. The highest BCUT2D eigenvalue weighted by Crippen LogP contribution is 2.32. The van der Waals surface area contributed by atoms with Crippen LogP contribution in [0.2, 0.25) is 5.02 Å². The van der Waals surface area contributed by atoms with E-state index in [1.807, 2.05) is 73.1 Å². The van der Waals surface area contributed by atoms with Gasteiger partial charge in [-0.3, -0.25) is 4.79 Å². The van der Waals surface area contributed by atoms with Crippen molar-refractivity contribution in [2.24, 2.45) is 0 Å². The first-order chi connectivity index (χ1) is 12.2. The second-order valence-electron chi connectivity index (χ2n) is 5.99. The number of nitrogens with zero attached hydrogens (tertiary/aromatic N) is 1. The summed E-state index contributed by atoms with van der Waals surface area (Å²) in [5, 5.41) is 3.63. The molecule has 130 valence electrons. The monoisotopic (exact) mass is 426 g/mol. The first-order valence-corrected chi connectivity index (χ1v) is 8.43. The second kappa shape index (κ2) is 7.85. The number of fused-ring (bicyclic) bond motifs is 1. The van der Waals surface area contributed by atoms with Crippen molar-refractivity contribution in [3.05, 3.63) is 94.8 Å². The normalized spacial score (nSPS) is 13.9. The number of pyridine rings is 1. The molecule has 0 fully saturated rings. The number of carbonyl (C=O) groups is 1. The number of anilines is 1. The van der Waals surface area contributed by atoms with Crippen LogP contribution in [-0.2, 0) is 11.3 Å². The van der Waals surface area contributed by atoms with E-state index in [1.54, 1.807) is 0 Å². The van der Waals surface area contributed by atoms with E-state index in [2.05, 4.69) is 16.0 Å². The van der Waals surface area contributed by atoms with Gasteiger partial charge in [-0.05, 0) is 29.8 Å². The Morgan fingerprint density at radius 1 is 1.00 bits per heavy atom. The average Bonchev–Trinajstić information content (AvgIpc) is 2.92. The average molecular weight is 428 g/mol. The quantitative estimate of drug-likeness (QED) is 0.494. The maximum atomic E-state index is 12.2. The number of halogens is 2. The zero-order valence-corrected chi connectivity index (χ0v) is 16.2. The van der Waals surface area contributed by atoms with Crippen molar-refractivity contribution in [3.63, 3.8) is 0 Å². The van der Waals surface area contributed by atoms with Gasteiger partial charge in [0.05, 0.1) is 0 Å². The van der Waals surface area contributed by atoms with Crippen molar-refractivity contribution >= 4 is 34.8 Å². The third-order valence-corrected chi connectivity index (χ3v) is 4.43. The number of amides is 1. The smallest absolute Gasteiger partial charge is 0.256 e. The summed E-state index contributed by atoms with van der Waals surface area (Å²) >= 11 is 6.03. The van der Waals surface area contributed by atoms with Gasteiger partial charge in [-0.15, -0.1) is 0 Å². The lowest BCUT2D eigenvalue weighted by molar-refractivity contribution is -0.688. The van der Waals surface area contributed by atoms with Gasteiger partial charge in [-0.2, -0.15) is 0 Å². The highest BCUT2D eigenvalue weighted by atomic mass is 79.9. The summed E-state index contributed by atoms with van der Waals surface area (Å²) in [6.45, 7) is 0.751. The summed E-state index contributed by atoms with van der Waals surface area (Å²) in [6, 6.07) is 19.6. The van der Waals surface area contributed by atoms with E-state index in [4.69, 9.17) is 11.6 Å². The Bertz CT molecular complexity index is 983. The van der Waals surface area contributed by atoms with Crippen molar-refractivity contribution in [2.75, 3.05) is 5.32 Å². The number of carbonyl (C=O) groups excluding carboxylic acids is 1. The van der Waals surface area contributed by atoms with E-state index in [-0.39, 0.29) is 22.9 Å². The molecule has 0 aliphatic carbocycles. The molecule has 0 atom stereocenters. The Morgan fingerprint density at radius 3 is 2.54 bits per heavy atom. The van der Waals surface area contributed by atoms with E-state index in [1.165, 1.54) is 0 Å². The second-order valence-corrected chi connectivity index (χ2v) is 6.43. The van der Waals surface area contributed by atoms with E-state index >= 15 is 0 Å². The lowest BCUT2D eigenvalue weighted by Gasteiger charge is -2.00. The van der Waals surface area contributed by atoms with Crippen molar-refractivity contribution in [1.82, 2.24) is 0 Å². The van der Waals surface area contributed by atoms with Crippen molar-refractivity contribution in [3.8, 4) is 0 Å². The van der Waals surface area contributed by atoms with Crippen LogP contribution in [0.15, 0.2) is 73.1 Å². The zero-order chi connectivity index (χ0) is 17.2. The first kappa shape index (κ1) is 18.4. The van der Waals surface area contributed by atoms with Gasteiger partial charge in [0.1, 0.15) is 0 Å². The molecule has 3 nitrogen and oxygen atoms in total. The summed E-state index contributed by atoms with van der Waals surface area (Å²) in [5.41, 5.74) is 4.65. The van der Waals surface area contributed by atoms with Gasteiger partial charge in [-0.1, -0.05) is 41.9 Å². The molecule has 1 amide bonds. The number of nitrogens with one attached hydrogen (secondary N) is 1. The predicted molar refractivity (Wildman–Crippen MR) is 100 cm³/mol. The van der Waals surface area contributed by atoms with Crippen LogP contribution in [0.25, 0.3) is 11.6 Å². The van der Waals surface area contributed by atoms with Crippen LogP contribution in [0.4, 0.5) is 5.69 Å². The van der Waals surface area contributed by atoms with Gasteiger partial charge < -0.3 is 22.3 Å².